The minimum Gasteiger partial charge on any atom is -0.380 e. The fourth-order valence-corrected chi connectivity index (χ4v) is 2.66. The van der Waals surface area contributed by atoms with Crippen molar-refractivity contribution in [2.24, 2.45) is 28.1 Å². The molecule has 1 aromatic rings. The Morgan fingerprint density at radius 1 is 1.33 bits per heavy atom. The summed E-state index contributed by atoms with van der Waals surface area (Å²) in [6, 6.07) is 9.08. The van der Waals surface area contributed by atoms with Gasteiger partial charge in [0.05, 0.1) is 5.92 Å². The summed E-state index contributed by atoms with van der Waals surface area (Å²) in [4.78, 5) is 17.0. The Hall–Kier alpha value is -1.52. The van der Waals surface area contributed by atoms with Gasteiger partial charge >= 0.3 is 5.97 Å². The number of hydrogen-bond acceptors (Lipinski definition) is 3. The first kappa shape index (κ1) is 15.9. The molecule has 0 aromatic heterocycles. The van der Waals surface area contributed by atoms with Gasteiger partial charge in [0.25, 0.3) is 0 Å². The van der Waals surface area contributed by atoms with Crippen molar-refractivity contribution in [3.63, 3.8) is 0 Å². The van der Waals surface area contributed by atoms with Gasteiger partial charge in [-0.2, -0.15) is 0 Å². The maximum Gasteiger partial charge on any atom is 0.339 e. The van der Waals surface area contributed by atoms with E-state index in [1.165, 1.54) is 0 Å². The molecule has 21 heavy (non-hydrogen) atoms. The van der Waals surface area contributed by atoms with Crippen LogP contribution in [0.2, 0.25) is 0 Å². The highest BCUT2D eigenvalue weighted by molar-refractivity contribution is 6.55. The molecule has 0 aliphatic heterocycles. The molecule has 112 valence electrons. The molecule has 0 saturated heterocycles. The van der Waals surface area contributed by atoms with Crippen LogP contribution in [0.1, 0.15) is 19.4 Å². The summed E-state index contributed by atoms with van der Waals surface area (Å²) in [6.07, 6.45) is 1.65. The highest BCUT2D eigenvalue weighted by Crippen LogP contribution is 2.60. The third-order valence-electron chi connectivity index (χ3n) is 3.77. The largest absolute Gasteiger partial charge is 0.380 e. The molecule has 1 aliphatic rings. The molecule has 4 nitrogen and oxygen atoms in total. The molecule has 2 atom stereocenters. The molecule has 2 rings (SSSR count). The number of hydrogen-bond donors (Lipinski definition) is 1. The maximum atomic E-state index is 12.0. The first-order valence-electron chi connectivity index (χ1n) is 6.46. The summed E-state index contributed by atoms with van der Waals surface area (Å²) in [6.45, 7) is 3.89. The van der Waals surface area contributed by atoms with Gasteiger partial charge in [0.2, 0.25) is 0 Å². The summed E-state index contributed by atoms with van der Waals surface area (Å²) in [5, 5.41) is 3.69. The van der Waals surface area contributed by atoms with Crippen LogP contribution in [0.3, 0.4) is 0 Å². The molecule has 1 saturated carbocycles. The SMILES string of the molecule is CC1(C)C(C=C(Cl)Cl)C1C(=O)ON=C(N)c1ccccc1. The molecular weight excluding hydrogens is 311 g/mol. The minimum absolute atomic E-state index is 0.0526. The number of nitrogens with two attached hydrogens (primary N) is 1. The second-order valence-corrected chi connectivity index (χ2v) is 6.54. The van der Waals surface area contributed by atoms with Crippen molar-refractivity contribution in [3.8, 4) is 0 Å². The second-order valence-electron chi connectivity index (χ2n) is 5.53. The number of nitrogens with zero attached hydrogens (tertiary/aromatic N) is 1. The molecule has 0 radical (unpaired) electrons. The molecule has 2 unspecified atom stereocenters. The zero-order chi connectivity index (χ0) is 15.6. The molecular formula is C15H16Cl2N2O2. The van der Waals surface area contributed by atoms with Gasteiger partial charge in [-0.25, -0.2) is 4.79 Å². The van der Waals surface area contributed by atoms with E-state index in [-0.39, 0.29) is 27.6 Å². The number of benzene rings is 1. The van der Waals surface area contributed by atoms with Gasteiger partial charge in [0.1, 0.15) is 4.49 Å². The first-order valence-corrected chi connectivity index (χ1v) is 7.22. The third-order valence-corrected chi connectivity index (χ3v) is 4.03. The van der Waals surface area contributed by atoms with Crippen LogP contribution < -0.4 is 5.73 Å². The monoisotopic (exact) mass is 326 g/mol. The molecule has 0 heterocycles. The minimum atomic E-state index is -0.435. The van der Waals surface area contributed by atoms with Crippen LogP contribution in [0.4, 0.5) is 0 Å². The molecule has 1 fully saturated rings. The van der Waals surface area contributed by atoms with E-state index < -0.39 is 5.97 Å². The Morgan fingerprint density at radius 3 is 2.52 bits per heavy atom. The summed E-state index contributed by atoms with van der Waals surface area (Å²) >= 11 is 11.3. The number of halogens is 2. The van der Waals surface area contributed by atoms with Crippen LogP contribution >= 0.6 is 23.2 Å². The first-order chi connectivity index (χ1) is 9.84. The normalized spacial score (nSPS) is 23.3. The Balaban J connectivity index is 2.02. The van der Waals surface area contributed by atoms with Crippen molar-refractivity contribution in [1.29, 1.82) is 0 Å². The topological polar surface area (TPSA) is 64.7 Å². The van der Waals surface area contributed by atoms with E-state index in [0.29, 0.717) is 5.56 Å². The number of allylic oxidation sites excluding steroid dienone is 1. The molecule has 0 amide bonds. The standard InChI is InChI=1S/C15H16Cl2N2O2/c1-15(2)10(8-11(16)17)12(15)14(20)21-19-13(18)9-6-4-3-5-7-9/h3-8,10,12H,1-2H3,(H2,18,19). The van der Waals surface area contributed by atoms with Crippen molar-refractivity contribution >= 4 is 35.0 Å². The lowest BCUT2D eigenvalue weighted by Gasteiger charge is -2.02. The molecule has 0 bridgehead atoms. The predicted octanol–water partition coefficient (Wildman–Crippen LogP) is 3.44. The molecule has 1 aliphatic carbocycles. The van der Waals surface area contributed by atoms with E-state index in [2.05, 4.69) is 5.16 Å². The lowest BCUT2D eigenvalue weighted by molar-refractivity contribution is -0.146. The van der Waals surface area contributed by atoms with Crippen LogP contribution in [0.25, 0.3) is 0 Å². The van der Waals surface area contributed by atoms with Gasteiger partial charge in [-0.3, -0.25) is 0 Å². The van der Waals surface area contributed by atoms with Crippen molar-refractivity contribution in [2.75, 3.05) is 0 Å². The van der Waals surface area contributed by atoms with E-state index in [4.69, 9.17) is 33.8 Å². The van der Waals surface area contributed by atoms with E-state index in [9.17, 15) is 4.79 Å². The van der Waals surface area contributed by atoms with Crippen LogP contribution in [-0.4, -0.2) is 11.8 Å². The Kier molecular flexibility index (Phi) is 4.59. The highest BCUT2D eigenvalue weighted by atomic mass is 35.5. The fourth-order valence-electron chi connectivity index (χ4n) is 2.39. The van der Waals surface area contributed by atoms with Crippen molar-refractivity contribution < 1.29 is 9.63 Å². The Labute approximate surface area is 133 Å². The van der Waals surface area contributed by atoms with Gasteiger partial charge < -0.3 is 10.6 Å². The Morgan fingerprint density at radius 2 is 1.95 bits per heavy atom. The van der Waals surface area contributed by atoms with Crippen molar-refractivity contribution in [3.05, 3.63) is 46.5 Å². The van der Waals surface area contributed by atoms with Gasteiger partial charge in [0.15, 0.2) is 5.84 Å². The average molecular weight is 327 g/mol. The summed E-state index contributed by atoms with van der Waals surface area (Å²) < 4.78 is 0.149. The van der Waals surface area contributed by atoms with Crippen LogP contribution in [0.5, 0.6) is 0 Å². The number of oxime groups is 1. The van der Waals surface area contributed by atoms with Gasteiger partial charge in [-0.05, 0) is 17.4 Å². The number of carbonyl (C=O) groups excluding carboxylic acids is 1. The zero-order valence-corrected chi connectivity index (χ0v) is 13.2. The van der Waals surface area contributed by atoms with E-state index >= 15 is 0 Å². The second kappa shape index (κ2) is 6.08. The predicted molar refractivity (Wildman–Crippen MR) is 83.8 cm³/mol. The lowest BCUT2D eigenvalue weighted by atomic mass is 10.1. The maximum absolute atomic E-state index is 12.0. The molecule has 1 aromatic carbocycles. The van der Waals surface area contributed by atoms with Gasteiger partial charge in [-0.1, -0.05) is 72.5 Å². The third kappa shape index (κ3) is 3.57. The van der Waals surface area contributed by atoms with Crippen molar-refractivity contribution in [2.45, 2.75) is 13.8 Å². The van der Waals surface area contributed by atoms with Crippen LogP contribution in [-0.2, 0) is 9.63 Å². The van der Waals surface area contributed by atoms with Crippen LogP contribution in [0.15, 0.2) is 46.1 Å². The van der Waals surface area contributed by atoms with Crippen LogP contribution in [0, 0.1) is 17.3 Å². The highest BCUT2D eigenvalue weighted by Gasteiger charge is 2.62. The average Bonchev–Trinajstić information content (AvgIpc) is 2.97. The van der Waals surface area contributed by atoms with Gasteiger partial charge in [0, 0.05) is 5.56 Å². The van der Waals surface area contributed by atoms with E-state index in [0.717, 1.165) is 0 Å². The van der Waals surface area contributed by atoms with E-state index in [1.807, 2.05) is 32.0 Å². The smallest absolute Gasteiger partial charge is 0.339 e. The fraction of sp³-hybridized carbons (Fsp3) is 0.333. The van der Waals surface area contributed by atoms with E-state index in [1.54, 1.807) is 18.2 Å². The molecule has 2 N–H and O–H groups in total. The number of carbonyl (C=O) groups is 1. The zero-order valence-electron chi connectivity index (χ0n) is 11.7. The quantitative estimate of drug-likeness (QED) is 0.399. The molecule has 0 spiro atoms. The van der Waals surface area contributed by atoms with Crippen molar-refractivity contribution in [1.82, 2.24) is 0 Å². The lowest BCUT2D eigenvalue weighted by Crippen LogP contribution is -2.16. The summed E-state index contributed by atoms with van der Waals surface area (Å²) in [7, 11) is 0. The summed E-state index contributed by atoms with van der Waals surface area (Å²) in [5.74, 6) is -0.653. The molecule has 6 heteroatoms. The summed E-state index contributed by atoms with van der Waals surface area (Å²) in [5.41, 5.74) is 6.21. The number of amidine groups is 1. The Bertz CT molecular complexity index is 593. The number of rotatable bonds is 4. The van der Waals surface area contributed by atoms with Gasteiger partial charge in [-0.15, -0.1) is 0 Å².